The lowest BCUT2D eigenvalue weighted by Crippen LogP contribution is -2.41. The number of hydrogen-bond acceptors (Lipinski definition) is 4. The molecule has 9 heteroatoms. The van der Waals surface area contributed by atoms with Crippen LogP contribution in [0.2, 0.25) is 5.02 Å². The van der Waals surface area contributed by atoms with Crippen LogP contribution in [-0.4, -0.2) is 50.9 Å². The number of halogens is 1. The average Bonchev–Trinajstić information content (AvgIpc) is 3.45. The van der Waals surface area contributed by atoms with Crippen LogP contribution >= 0.6 is 11.6 Å². The fraction of sp³-hybridized carbons (Fsp3) is 0.348. The fourth-order valence-electron chi connectivity index (χ4n) is 4.82. The van der Waals surface area contributed by atoms with Crippen LogP contribution in [0.5, 0.6) is 0 Å². The molecule has 5 rings (SSSR count). The number of rotatable bonds is 5. The van der Waals surface area contributed by atoms with E-state index in [0.717, 1.165) is 23.9 Å². The molecular formula is C23H25ClN4O3S. The molecule has 1 unspecified atom stereocenters. The first-order valence-corrected chi connectivity index (χ1v) is 12.5. The lowest BCUT2D eigenvalue weighted by molar-refractivity contribution is -0.118. The van der Waals surface area contributed by atoms with Crippen molar-refractivity contribution >= 4 is 44.1 Å². The summed E-state index contributed by atoms with van der Waals surface area (Å²) in [5.74, 6) is -0.223. The molecule has 2 atom stereocenters. The summed E-state index contributed by atoms with van der Waals surface area (Å²) >= 11 is 6.08. The van der Waals surface area contributed by atoms with E-state index in [1.807, 2.05) is 6.07 Å². The van der Waals surface area contributed by atoms with Crippen LogP contribution in [-0.2, 0) is 21.2 Å². The molecule has 0 bridgehead atoms. The smallest absolute Gasteiger partial charge is 0.245 e. The SMILES string of the molecule is CN(C)C1CCc2cc(N3CC[C@H](NS(=O)(=O)c4ccc5c(Cl)c[nH]c5c4)C3=O)ccc21. The van der Waals surface area contributed by atoms with Gasteiger partial charge in [0, 0.05) is 35.4 Å². The van der Waals surface area contributed by atoms with E-state index in [-0.39, 0.29) is 10.8 Å². The van der Waals surface area contributed by atoms with Crippen molar-refractivity contribution < 1.29 is 13.2 Å². The largest absolute Gasteiger partial charge is 0.360 e. The highest BCUT2D eigenvalue weighted by Crippen LogP contribution is 2.37. The maximum absolute atomic E-state index is 13.1. The molecule has 1 aromatic heterocycles. The van der Waals surface area contributed by atoms with Crippen LogP contribution in [0.3, 0.4) is 0 Å². The van der Waals surface area contributed by atoms with Gasteiger partial charge >= 0.3 is 0 Å². The van der Waals surface area contributed by atoms with E-state index in [0.29, 0.717) is 29.5 Å². The van der Waals surface area contributed by atoms with E-state index < -0.39 is 16.1 Å². The second-order valence-electron chi connectivity index (χ2n) is 8.70. The highest BCUT2D eigenvalue weighted by atomic mass is 35.5. The third-order valence-corrected chi connectivity index (χ3v) is 8.31. The lowest BCUT2D eigenvalue weighted by Gasteiger charge is -2.22. The number of hydrogen-bond donors (Lipinski definition) is 2. The van der Waals surface area contributed by atoms with Crippen LogP contribution in [0.15, 0.2) is 47.5 Å². The molecule has 2 heterocycles. The molecule has 0 radical (unpaired) electrons. The number of benzene rings is 2. The number of fused-ring (bicyclic) bond motifs is 2. The second-order valence-corrected chi connectivity index (χ2v) is 10.8. The van der Waals surface area contributed by atoms with Crippen LogP contribution in [0, 0.1) is 0 Å². The number of carbonyl (C=O) groups is 1. The Hall–Kier alpha value is -2.39. The first kappa shape index (κ1) is 21.5. The standard InChI is InChI=1S/C23H25ClN4O3S/c1-27(2)22-8-3-14-11-15(4-6-17(14)22)28-10-9-20(23(28)29)26-32(30,31)16-5-7-18-19(24)13-25-21(18)12-16/h4-7,11-13,20,22,25-26H,3,8-10H2,1-2H3/t20-,22?/m0/s1. The maximum atomic E-state index is 13.1. The maximum Gasteiger partial charge on any atom is 0.245 e. The van der Waals surface area contributed by atoms with E-state index in [1.165, 1.54) is 23.3 Å². The Morgan fingerprint density at radius 1 is 1.16 bits per heavy atom. The van der Waals surface area contributed by atoms with Crippen LogP contribution in [0.4, 0.5) is 5.69 Å². The number of aromatic nitrogens is 1. The third kappa shape index (κ3) is 3.61. The topological polar surface area (TPSA) is 85.5 Å². The average molecular weight is 473 g/mol. The molecular weight excluding hydrogens is 448 g/mol. The third-order valence-electron chi connectivity index (χ3n) is 6.52. The van der Waals surface area contributed by atoms with Gasteiger partial charge in [0.15, 0.2) is 0 Å². The van der Waals surface area contributed by atoms with Crippen molar-refractivity contribution in [1.29, 1.82) is 0 Å². The van der Waals surface area contributed by atoms with Gasteiger partial charge in [-0.3, -0.25) is 4.79 Å². The van der Waals surface area contributed by atoms with Gasteiger partial charge in [-0.1, -0.05) is 17.7 Å². The number of carbonyl (C=O) groups excluding carboxylic acids is 1. The molecule has 0 saturated carbocycles. The molecule has 2 aliphatic rings. The Bertz CT molecular complexity index is 1320. The molecule has 1 amide bonds. The zero-order valence-corrected chi connectivity index (χ0v) is 19.5. The van der Waals surface area contributed by atoms with Gasteiger partial charge in [0.2, 0.25) is 15.9 Å². The number of amides is 1. The highest BCUT2D eigenvalue weighted by Gasteiger charge is 2.36. The van der Waals surface area contributed by atoms with E-state index >= 15 is 0 Å². The van der Waals surface area contributed by atoms with Gasteiger partial charge in [-0.25, -0.2) is 8.42 Å². The number of nitrogens with zero attached hydrogens (tertiary/aromatic N) is 2. The summed E-state index contributed by atoms with van der Waals surface area (Å²) in [6.07, 6.45) is 4.09. The molecule has 0 spiro atoms. The van der Waals surface area contributed by atoms with Crippen molar-refractivity contribution in [2.24, 2.45) is 0 Å². The minimum Gasteiger partial charge on any atom is -0.360 e. The first-order valence-electron chi connectivity index (χ1n) is 10.6. The lowest BCUT2D eigenvalue weighted by atomic mass is 10.1. The van der Waals surface area contributed by atoms with Crippen molar-refractivity contribution in [1.82, 2.24) is 14.6 Å². The minimum absolute atomic E-state index is 0.0991. The normalized spacial score (nSPS) is 21.1. The molecule has 2 aromatic carbocycles. The summed E-state index contributed by atoms with van der Waals surface area (Å²) < 4.78 is 28.5. The fourth-order valence-corrected chi connectivity index (χ4v) is 6.29. The summed E-state index contributed by atoms with van der Waals surface area (Å²) in [7, 11) is 0.303. The Morgan fingerprint density at radius 2 is 1.97 bits per heavy atom. The molecule has 7 nitrogen and oxygen atoms in total. The van der Waals surface area contributed by atoms with Crippen LogP contribution < -0.4 is 9.62 Å². The molecule has 3 aromatic rings. The quantitative estimate of drug-likeness (QED) is 0.595. The predicted octanol–water partition coefficient (Wildman–Crippen LogP) is 3.45. The summed E-state index contributed by atoms with van der Waals surface area (Å²) in [5, 5.41) is 1.28. The zero-order chi connectivity index (χ0) is 22.6. The summed E-state index contributed by atoms with van der Waals surface area (Å²) in [4.78, 5) is 20.0. The monoisotopic (exact) mass is 472 g/mol. The summed E-state index contributed by atoms with van der Waals surface area (Å²) in [6, 6.07) is 10.5. The van der Waals surface area contributed by atoms with Crippen LogP contribution in [0.25, 0.3) is 10.9 Å². The van der Waals surface area contributed by atoms with E-state index in [2.05, 4.69) is 40.8 Å². The number of sulfonamides is 1. The molecule has 32 heavy (non-hydrogen) atoms. The van der Waals surface area contributed by atoms with Crippen molar-refractivity contribution in [2.45, 2.75) is 36.2 Å². The Labute approximate surface area is 192 Å². The Kier molecular flexibility index (Phi) is 5.28. The number of anilines is 1. The molecule has 1 fully saturated rings. The summed E-state index contributed by atoms with van der Waals surface area (Å²) in [6.45, 7) is 0.479. The number of aromatic amines is 1. The first-order chi connectivity index (χ1) is 15.2. The van der Waals surface area contributed by atoms with Gasteiger partial charge < -0.3 is 14.8 Å². The van der Waals surface area contributed by atoms with Gasteiger partial charge in [0.05, 0.1) is 9.92 Å². The molecule has 2 N–H and O–H groups in total. The van der Waals surface area contributed by atoms with Gasteiger partial charge in [-0.2, -0.15) is 4.72 Å². The van der Waals surface area contributed by atoms with Gasteiger partial charge in [-0.15, -0.1) is 0 Å². The minimum atomic E-state index is -3.86. The zero-order valence-electron chi connectivity index (χ0n) is 17.9. The van der Waals surface area contributed by atoms with Gasteiger partial charge in [-0.05, 0) is 74.8 Å². The Morgan fingerprint density at radius 3 is 2.75 bits per heavy atom. The van der Waals surface area contributed by atoms with Gasteiger partial charge in [0.25, 0.3) is 0 Å². The number of H-pyrrole nitrogens is 1. The highest BCUT2D eigenvalue weighted by molar-refractivity contribution is 7.89. The van der Waals surface area contributed by atoms with E-state index in [4.69, 9.17) is 11.6 Å². The summed E-state index contributed by atoms with van der Waals surface area (Å²) in [5.41, 5.74) is 4.03. The van der Waals surface area contributed by atoms with Crippen molar-refractivity contribution in [3.05, 3.63) is 58.7 Å². The van der Waals surface area contributed by atoms with E-state index in [1.54, 1.807) is 17.2 Å². The number of nitrogens with one attached hydrogen (secondary N) is 2. The Balaban J connectivity index is 1.34. The van der Waals surface area contributed by atoms with Crippen molar-refractivity contribution in [3.8, 4) is 0 Å². The van der Waals surface area contributed by atoms with E-state index in [9.17, 15) is 13.2 Å². The molecule has 1 aliphatic carbocycles. The second kappa shape index (κ2) is 7.88. The van der Waals surface area contributed by atoms with Crippen molar-refractivity contribution in [2.75, 3.05) is 25.5 Å². The van der Waals surface area contributed by atoms with Gasteiger partial charge in [0.1, 0.15) is 6.04 Å². The molecule has 168 valence electrons. The molecule has 1 aliphatic heterocycles. The van der Waals surface area contributed by atoms with Crippen molar-refractivity contribution in [3.63, 3.8) is 0 Å². The predicted molar refractivity (Wildman–Crippen MR) is 126 cm³/mol. The van der Waals surface area contributed by atoms with Crippen LogP contribution in [0.1, 0.15) is 30.0 Å². The number of aryl methyl sites for hydroxylation is 1. The molecule has 1 saturated heterocycles.